The molecule has 6 N–H and O–H groups in total. The molecule has 18 nitrogen and oxygen atoms in total. The van der Waals surface area contributed by atoms with E-state index in [1.807, 2.05) is 75.8 Å². The number of benzene rings is 3. The molecule has 1 saturated heterocycles. The number of nitrogens with zero attached hydrogens (tertiary/aromatic N) is 6. The largest absolute Gasteiger partial charge is 0.494 e. The number of ether oxygens (including phenoxy) is 1. The van der Waals surface area contributed by atoms with Crippen molar-refractivity contribution in [2.24, 2.45) is 5.41 Å². The highest BCUT2D eigenvalue weighted by Gasteiger charge is 2.44. The lowest BCUT2D eigenvalue weighted by Gasteiger charge is -2.35. The molecular formula is C52H68N10O8S. The van der Waals surface area contributed by atoms with Gasteiger partial charge in [0, 0.05) is 63.0 Å². The van der Waals surface area contributed by atoms with Gasteiger partial charge in [0.1, 0.15) is 17.8 Å². The van der Waals surface area contributed by atoms with Crippen LogP contribution in [0, 0.1) is 12.3 Å². The number of unbranched alkanes of at least 4 members (excludes halogenated alkanes) is 3. The van der Waals surface area contributed by atoms with E-state index in [2.05, 4.69) is 38.2 Å². The molecule has 0 spiro atoms. The molecule has 0 saturated carbocycles. The van der Waals surface area contributed by atoms with Crippen molar-refractivity contribution in [1.29, 1.82) is 0 Å². The summed E-state index contributed by atoms with van der Waals surface area (Å²) in [5.74, 6) is -0.917. The summed E-state index contributed by atoms with van der Waals surface area (Å²) in [5, 5.41) is 36.9. The minimum Gasteiger partial charge on any atom is -0.494 e. The molecule has 1 aliphatic rings. The Kier molecular flexibility index (Phi) is 19.6. The van der Waals surface area contributed by atoms with Crippen LogP contribution in [0.3, 0.4) is 0 Å². The Morgan fingerprint density at radius 3 is 2.34 bits per heavy atom. The number of anilines is 1. The van der Waals surface area contributed by atoms with E-state index in [0.29, 0.717) is 62.5 Å². The fourth-order valence-electron chi connectivity index (χ4n) is 8.22. The molecule has 19 heteroatoms. The first-order chi connectivity index (χ1) is 34.1. The van der Waals surface area contributed by atoms with Crippen LogP contribution in [0.15, 0.2) is 84.5 Å². The highest BCUT2D eigenvalue weighted by molar-refractivity contribution is 7.13. The van der Waals surface area contributed by atoms with Crippen molar-refractivity contribution >= 4 is 46.7 Å². The van der Waals surface area contributed by atoms with Gasteiger partial charge in [0.25, 0.3) is 5.91 Å². The van der Waals surface area contributed by atoms with Crippen LogP contribution in [0.2, 0.25) is 0 Å². The van der Waals surface area contributed by atoms with E-state index in [0.717, 1.165) is 58.6 Å². The number of carbonyl (C=O) groups is 5. The predicted octanol–water partition coefficient (Wildman–Crippen LogP) is 7.04. The number of aryl methyl sites for hydroxylation is 3. The molecule has 6 rings (SSSR count). The lowest BCUT2D eigenvalue weighted by molar-refractivity contribution is -0.144. The molecule has 1 aliphatic heterocycles. The summed E-state index contributed by atoms with van der Waals surface area (Å²) in [6, 6.07) is 19.9. The number of carbonyl (C=O) groups excluding carboxylic acids is 5. The van der Waals surface area contributed by atoms with Gasteiger partial charge in [-0.25, -0.2) is 15.3 Å². The van der Waals surface area contributed by atoms with Gasteiger partial charge in [0.05, 0.1) is 34.5 Å². The van der Waals surface area contributed by atoms with E-state index < -0.39 is 35.4 Å². The molecule has 3 heterocycles. The quantitative estimate of drug-likeness (QED) is 0.0208. The standard InChI is InChI=1S/C52H68N10O8S/c1-6-7-26-60(31-37-16-20-39(21-17-37)48(65)58-69)51(68)55-40-22-24-43(25-23-40)70-28-11-10-27-61-32-41(57-59-61)12-8-9-13-45(64)56-47(52(3,4)5)50(67)62-33-42(63)29-44(62)49(66)53-30-36-14-18-38(19-15-36)46-35(2)54-34-71-46/h14-25,32,34,42,44,47,63,69H,6-13,26-31,33H2,1-5H3,(H,53,66)(H,55,68)(H,56,64)(H,58,65). The van der Waals surface area contributed by atoms with Crippen molar-refractivity contribution in [3.8, 4) is 16.2 Å². The van der Waals surface area contributed by atoms with Gasteiger partial charge < -0.3 is 35.6 Å². The number of nitrogens with one attached hydrogen (secondary N) is 4. The summed E-state index contributed by atoms with van der Waals surface area (Å²) in [6.07, 6.45) is 6.68. The zero-order chi connectivity index (χ0) is 50.9. The second-order valence-electron chi connectivity index (χ2n) is 19.0. The molecule has 6 amide bonds. The Morgan fingerprint density at radius 2 is 1.66 bits per heavy atom. The lowest BCUT2D eigenvalue weighted by atomic mass is 9.85. The zero-order valence-corrected chi connectivity index (χ0v) is 42.2. The average Bonchev–Trinajstić information content (AvgIpc) is 4.12. The van der Waals surface area contributed by atoms with Crippen LogP contribution in [0.5, 0.6) is 5.75 Å². The van der Waals surface area contributed by atoms with Crippen LogP contribution in [0.4, 0.5) is 10.5 Å². The number of hydrogen-bond donors (Lipinski definition) is 6. The second-order valence-corrected chi connectivity index (χ2v) is 19.9. The SMILES string of the molecule is CCCCN(Cc1ccc(C(=O)NO)cc1)C(=O)Nc1ccc(OCCCCn2cc(CCCCC(=O)NC(C(=O)N3CC(O)CC3C(=O)NCc3ccc(-c4scnc4C)cc3)C(C)(C)C)nn2)cc1. The molecule has 5 aromatic rings. The number of likely N-dealkylation sites (tertiary alicyclic amines) is 1. The molecule has 0 bridgehead atoms. The van der Waals surface area contributed by atoms with Crippen molar-refractivity contribution in [2.75, 3.05) is 25.0 Å². The van der Waals surface area contributed by atoms with E-state index in [1.54, 1.807) is 62.8 Å². The highest BCUT2D eigenvalue weighted by Crippen LogP contribution is 2.29. The van der Waals surface area contributed by atoms with Gasteiger partial charge in [0.15, 0.2) is 0 Å². The van der Waals surface area contributed by atoms with Crippen LogP contribution in [0.1, 0.15) is 112 Å². The van der Waals surface area contributed by atoms with E-state index in [9.17, 15) is 29.1 Å². The van der Waals surface area contributed by atoms with E-state index >= 15 is 0 Å². The third-order valence-electron chi connectivity index (χ3n) is 12.3. The van der Waals surface area contributed by atoms with Crippen LogP contribution in [-0.2, 0) is 40.4 Å². The first-order valence-corrected chi connectivity index (χ1v) is 25.3. The minimum absolute atomic E-state index is 0.00694. The smallest absolute Gasteiger partial charge is 0.322 e. The minimum atomic E-state index is -0.897. The van der Waals surface area contributed by atoms with Gasteiger partial charge in [-0.1, -0.05) is 75.7 Å². The van der Waals surface area contributed by atoms with Crippen molar-refractivity contribution in [1.82, 2.24) is 45.9 Å². The fourth-order valence-corrected chi connectivity index (χ4v) is 9.03. The van der Waals surface area contributed by atoms with Crippen LogP contribution in [0.25, 0.3) is 10.4 Å². The summed E-state index contributed by atoms with van der Waals surface area (Å²) < 4.78 is 7.76. The van der Waals surface area contributed by atoms with Crippen molar-refractivity contribution in [3.63, 3.8) is 0 Å². The van der Waals surface area contributed by atoms with Gasteiger partial charge in [-0.05, 0) is 104 Å². The molecule has 0 radical (unpaired) electrons. The number of aromatic nitrogens is 4. The molecule has 380 valence electrons. The average molecular weight is 993 g/mol. The second kappa shape index (κ2) is 26.0. The number of thiazole rings is 1. The summed E-state index contributed by atoms with van der Waals surface area (Å²) in [7, 11) is 0. The summed E-state index contributed by atoms with van der Waals surface area (Å²) in [6.45, 7) is 12.0. The number of β-amino-alcohol motifs (C(OH)–C–C–N with tert-alkyl or cyclic N) is 1. The third kappa shape index (κ3) is 15.9. The Morgan fingerprint density at radius 1 is 0.930 bits per heavy atom. The molecule has 1 fully saturated rings. The van der Waals surface area contributed by atoms with Gasteiger partial charge in [-0.15, -0.1) is 16.4 Å². The number of urea groups is 1. The number of aliphatic hydroxyl groups is 1. The summed E-state index contributed by atoms with van der Waals surface area (Å²) in [5.41, 5.74) is 8.34. The maximum Gasteiger partial charge on any atom is 0.322 e. The fraction of sp³-hybridized carbons (Fsp3) is 0.462. The lowest BCUT2D eigenvalue weighted by Crippen LogP contribution is -2.57. The summed E-state index contributed by atoms with van der Waals surface area (Å²) in [4.78, 5) is 74.2. The number of rotatable bonds is 24. The molecule has 3 atom stereocenters. The third-order valence-corrected chi connectivity index (χ3v) is 13.3. The normalized spacial score (nSPS) is 14.9. The molecule has 2 aromatic heterocycles. The van der Waals surface area contributed by atoms with Gasteiger partial charge in [0.2, 0.25) is 17.7 Å². The first-order valence-electron chi connectivity index (χ1n) is 24.4. The monoisotopic (exact) mass is 992 g/mol. The van der Waals surface area contributed by atoms with E-state index in [4.69, 9.17) is 9.94 Å². The van der Waals surface area contributed by atoms with Crippen molar-refractivity contribution < 1.29 is 39.0 Å². The number of hydroxylamine groups is 1. The predicted molar refractivity (Wildman–Crippen MR) is 270 cm³/mol. The van der Waals surface area contributed by atoms with Crippen LogP contribution in [-0.4, -0.2) is 108 Å². The summed E-state index contributed by atoms with van der Waals surface area (Å²) >= 11 is 1.57. The zero-order valence-electron chi connectivity index (χ0n) is 41.4. The topological polar surface area (TPSA) is 233 Å². The van der Waals surface area contributed by atoms with Crippen molar-refractivity contribution in [3.05, 3.63) is 113 Å². The van der Waals surface area contributed by atoms with Gasteiger partial charge in [-0.3, -0.25) is 29.1 Å². The number of aliphatic hydroxyl groups excluding tert-OH is 1. The Labute approximate surface area is 419 Å². The number of amides is 6. The Hall–Kier alpha value is -6.70. The van der Waals surface area contributed by atoms with Gasteiger partial charge in [-0.2, -0.15) is 0 Å². The molecular weight excluding hydrogens is 925 g/mol. The first kappa shape index (κ1) is 53.6. The Balaban J connectivity index is 0.869. The van der Waals surface area contributed by atoms with Gasteiger partial charge >= 0.3 is 6.03 Å². The van der Waals surface area contributed by atoms with E-state index in [-0.39, 0.29) is 43.8 Å². The molecule has 3 aromatic carbocycles. The Bertz CT molecular complexity index is 2520. The van der Waals surface area contributed by atoms with Crippen LogP contribution >= 0.6 is 11.3 Å². The molecule has 71 heavy (non-hydrogen) atoms. The number of hydrogen-bond acceptors (Lipinski definition) is 12. The maximum atomic E-state index is 14.0. The molecule has 3 unspecified atom stereocenters. The molecule has 0 aliphatic carbocycles. The van der Waals surface area contributed by atoms with Crippen molar-refractivity contribution in [2.45, 2.75) is 130 Å². The van der Waals surface area contributed by atoms with Crippen LogP contribution < -0.4 is 26.2 Å². The maximum absolute atomic E-state index is 14.0. The van der Waals surface area contributed by atoms with E-state index in [1.165, 1.54) is 4.90 Å². The highest BCUT2D eigenvalue weighted by atomic mass is 32.1.